The minimum atomic E-state index is 0.134. The van der Waals surface area contributed by atoms with Gasteiger partial charge >= 0.3 is 6.03 Å². The Bertz CT molecular complexity index is 195. The van der Waals surface area contributed by atoms with E-state index >= 15 is 0 Å². The molecule has 0 heterocycles. The molecule has 13 heavy (non-hydrogen) atoms. The molecule has 0 unspecified atom stereocenters. The van der Waals surface area contributed by atoms with E-state index in [1.54, 1.807) is 0 Å². The maximum absolute atomic E-state index is 11.6. The molecule has 0 bridgehead atoms. The lowest BCUT2D eigenvalue weighted by Crippen LogP contribution is -2.43. The van der Waals surface area contributed by atoms with Crippen molar-refractivity contribution in [3.05, 3.63) is 0 Å². The molecule has 2 amide bonds. The molecule has 2 rings (SSSR count). The van der Waals surface area contributed by atoms with E-state index < -0.39 is 0 Å². The summed E-state index contributed by atoms with van der Waals surface area (Å²) in [5, 5.41) is 3.02. The molecule has 2 saturated carbocycles. The number of amides is 2. The van der Waals surface area contributed by atoms with Crippen LogP contribution in [0.15, 0.2) is 0 Å². The SMILES string of the molecule is CN(C(=O)NC1CC1)C1CCCC1. The Hall–Kier alpha value is -0.730. The summed E-state index contributed by atoms with van der Waals surface area (Å²) in [4.78, 5) is 13.5. The van der Waals surface area contributed by atoms with Gasteiger partial charge in [0.25, 0.3) is 0 Å². The van der Waals surface area contributed by atoms with Crippen molar-refractivity contribution in [1.29, 1.82) is 0 Å². The first-order valence-electron chi connectivity index (χ1n) is 5.30. The standard InChI is InChI=1S/C10H18N2O/c1-12(9-4-2-3-5-9)10(13)11-8-6-7-8/h8-9H,2-7H2,1H3,(H,11,13). The van der Waals surface area contributed by atoms with Gasteiger partial charge in [-0.1, -0.05) is 12.8 Å². The van der Waals surface area contributed by atoms with E-state index in [9.17, 15) is 4.79 Å². The Balaban J connectivity index is 1.79. The highest BCUT2D eigenvalue weighted by atomic mass is 16.2. The van der Waals surface area contributed by atoms with Crippen molar-refractivity contribution < 1.29 is 4.79 Å². The number of carbonyl (C=O) groups excluding carboxylic acids is 1. The Kier molecular flexibility index (Phi) is 2.42. The van der Waals surface area contributed by atoms with Crippen molar-refractivity contribution in [2.24, 2.45) is 0 Å². The lowest BCUT2D eigenvalue weighted by atomic mass is 10.2. The molecule has 0 aromatic rings. The predicted octanol–water partition coefficient (Wildman–Crippen LogP) is 1.73. The van der Waals surface area contributed by atoms with E-state index in [1.165, 1.54) is 38.5 Å². The topological polar surface area (TPSA) is 32.3 Å². The van der Waals surface area contributed by atoms with Crippen LogP contribution in [-0.2, 0) is 0 Å². The molecule has 0 radical (unpaired) electrons. The van der Waals surface area contributed by atoms with Gasteiger partial charge in [-0.25, -0.2) is 4.79 Å². The summed E-state index contributed by atoms with van der Waals surface area (Å²) in [5.41, 5.74) is 0. The zero-order chi connectivity index (χ0) is 9.26. The molecule has 2 fully saturated rings. The predicted molar refractivity (Wildman–Crippen MR) is 51.6 cm³/mol. The molecular formula is C10H18N2O. The van der Waals surface area contributed by atoms with E-state index in [4.69, 9.17) is 0 Å². The van der Waals surface area contributed by atoms with Crippen molar-refractivity contribution in [3.8, 4) is 0 Å². The van der Waals surface area contributed by atoms with Crippen molar-refractivity contribution >= 4 is 6.03 Å². The maximum atomic E-state index is 11.6. The van der Waals surface area contributed by atoms with Crippen LogP contribution in [0.4, 0.5) is 4.79 Å². The second-order valence-electron chi connectivity index (χ2n) is 4.27. The van der Waals surface area contributed by atoms with Crippen LogP contribution in [0.25, 0.3) is 0 Å². The summed E-state index contributed by atoms with van der Waals surface area (Å²) in [6, 6.07) is 1.12. The van der Waals surface area contributed by atoms with Crippen LogP contribution in [0.3, 0.4) is 0 Å². The zero-order valence-corrected chi connectivity index (χ0v) is 8.25. The quantitative estimate of drug-likeness (QED) is 0.693. The summed E-state index contributed by atoms with van der Waals surface area (Å²) in [7, 11) is 1.92. The van der Waals surface area contributed by atoms with Crippen molar-refractivity contribution in [1.82, 2.24) is 10.2 Å². The monoisotopic (exact) mass is 182 g/mol. The van der Waals surface area contributed by atoms with Crippen LogP contribution in [0.1, 0.15) is 38.5 Å². The fraction of sp³-hybridized carbons (Fsp3) is 0.900. The third-order valence-corrected chi connectivity index (χ3v) is 3.10. The Morgan fingerprint density at radius 3 is 2.38 bits per heavy atom. The Morgan fingerprint density at radius 2 is 1.85 bits per heavy atom. The molecule has 2 aliphatic carbocycles. The molecule has 3 nitrogen and oxygen atoms in total. The number of urea groups is 1. The molecule has 74 valence electrons. The molecule has 3 heteroatoms. The molecule has 2 aliphatic rings. The highest BCUT2D eigenvalue weighted by molar-refractivity contribution is 5.74. The van der Waals surface area contributed by atoms with Crippen LogP contribution in [0, 0.1) is 0 Å². The molecular weight excluding hydrogens is 164 g/mol. The minimum Gasteiger partial charge on any atom is -0.335 e. The second kappa shape index (κ2) is 3.56. The lowest BCUT2D eigenvalue weighted by molar-refractivity contribution is 0.190. The summed E-state index contributed by atoms with van der Waals surface area (Å²) in [6.45, 7) is 0. The molecule has 1 N–H and O–H groups in total. The van der Waals surface area contributed by atoms with Crippen LogP contribution >= 0.6 is 0 Å². The van der Waals surface area contributed by atoms with Crippen molar-refractivity contribution in [2.45, 2.75) is 50.6 Å². The average molecular weight is 182 g/mol. The number of nitrogens with zero attached hydrogens (tertiary/aromatic N) is 1. The first kappa shape index (κ1) is 8.85. The molecule has 0 spiro atoms. The van der Waals surface area contributed by atoms with Gasteiger partial charge in [0.1, 0.15) is 0 Å². The Labute approximate surface area is 79.5 Å². The lowest BCUT2D eigenvalue weighted by Gasteiger charge is -2.24. The molecule has 0 aromatic heterocycles. The van der Waals surface area contributed by atoms with Gasteiger partial charge in [-0.3, -0.25) is 0 Å². The number of hydrogen-bond acceptors (Lipinski definition) is 1. The number of carbonyl (C=O) groups is 1. The van der Waals surface area contributed by atoms with E-state index in [1.807, 2.05) is 11.9 Å². The maximum Gasteiger partial charge on any atom is 0.317 e. The Morgan fingerprint density at radius 1 is 1.23 bits per heavy atom. The van der Waals surface area contributed by atoms with Gasteiger partial charge in [-0.05, 0) is 25.7 Å². The van der Waals surface area contributed by atoms with Crippen LogP contribution in [0.2, 0.25) is 0 Å². The average Bonchev–Trinajstić information content (AvgIpc) is 2.78. The van der Waals surface area contributed by atoms with Gasteiger partial charge in [0.05, 0.1) is 0 Å². The summed E-state index contributed by atoms with van der Waals surface area (Å²) in [5.74, 6) is 0. The molecule has 0 atom stereocenters. The normalized spacial score (nSPS) is 23.2. The highest BCUT2D eigenvalue weighted by Gasteiger charge is 2.28. The second-order valence-corrected chi connectivity index (χ2v) is 4.27. The van der Waals surface area contributed by atoms with Crippen molar-refractivity contribution in [2.75, 3.05) is 7.05 Å². The zero-order valence-electron chi connectivity index (χ0n) is 8.25. The van der Waals surface area contributed by atoms with Gasteiger partial charge in [0.2, 0.25) is 0 Å². The smallest absolute Gasteiger partial charge is 0.317 e. The first-order valence-corrected chi connectivity index (χ1v) is 5.30. The number of hydrogen-bond donors (Lipinski definition) is 1. The third kappa shape index (κ3) is 2.14. The summed E-state index contributed by atoms with van der Waals surface area (Å²) < 4.78 is 0. The van der Waals surface area contributed by atoms with Crippen molar-refractivity contribution in [3.63, 3.8) is 0 Å². The summed E-state index contributed by atoms with van der Waals surface area (Å²) >= 11 is 0. The van der Waals surface area contributed by atoms with Crippen LogP contribution < -0.4 is 5.32 Å². The molecule has 0 saturated heterocycles. The van der Waals surface area contributed by atoms with E-state index in [0.717, 1.165) is 0 Å². The van der Waals surface area contributed by atoms with Gasteiger partial charge < -0.3 is 10.2 Å². The highest BCUT2D eigenvalue weighted by Crippen LogP contribution is 2.23. The third-order valence-electron chi connectivity index (χ3n) is 3.10. The first-order chi connectivity index (χ1) is 6.27. The number of nitrogens with one attached hydrogen (secondary N) is 1. The fourth-order valence-corrected chi connectivity index (χ4v) is 1.96. The van der Waals surface area contributed by atoms with Gasteiger partial charge in [0.15, 0.2) is 0 Å². The largest absolute Gasteiger partial charge is 0.335 e. The van der Waals surface area contributed by atoms with Crippen LogP contribution in [-0.4, -0.2) is 30.1 Å². The minimum absolute atomic E-state index is 0.134. The van der Waals surface area contributed by atoms with Crippen LogP contribution in [0.5, 0.6) is 0 Å². The number of rotatable bonds is 2. The fourth-order valence-electron chi connectivity index (χ4n) is 1.96. The molecule has 0 aromatic carbocycles. The summed E-state index contributed by atoms with van der Waals surface area (Å²) in [6.07, 6.45) is 7.29. The van der Waals surface area contributed by atoms with Gasteiger partial charge in [-0.2, -0.15) is 0 Å². The van der Waals surface area contributed by atoms with Gasteiger partial charge in [-0.15, -0.1) is 0 Å². The van der Waals surface area contributed by atoms with E-state index in [0.29, 0.717) is 12.1 Å². The molecule has 0 aliphatic heterocycles. The van der Waals surface area contributed by atoms with E-state index in [-0.39, 0.29) is 6.03 Å². The van der Waals surface area contributed by atoms with Gasteiger partial charge in [0, 0.05) is 19.1 Å². The van der Waals surface area contributed by atoms with E-state index in [2.05, 4.69) is 5.32 Å².